The van der Waals surface area contributed by atoms with E-state index in [-0.39, 0.29) is 12.4 Å². The number of aliphatic carboxylic acids is 1. The molecule has 0 fully saturated rings. The lowest BCUT2D eigenvalue weighted by Gasteiger charge is -2.29. The summed E-state index contributed by atoms with van der Waals surface area (Å²) in [7, 11) is 5.85. The van der Waals surface area contributed by atoms with Gasteiger partial charge < -0.3 is 19.1 Å². The van der Waals surface area contributed by atoms with Gasteiger partial charge in [0, 0.05) is 18.8 Å². The molecule has 0 aliphatic carbocycles. The van der Waals surface area contributed by atoms with Gasteiger partial charge >= 0.3 is 5.97 Å². The van der Waals surface area contributed by atoms with E-state index < -0.39 is 12.1 Å². The lowest BCUT2D eigenvalue weighted by molar-refractivity contribution is -0.873. The molecule has 0 saturated heterocycles. The molecule has 0 aliphatic heterocycles. The SMILES string of the molecule is CCCCCCCCCCCC(C)CCCCCCC(=O)OC(CC(=O)[O-])C[N+](C)(C)C. The van der Waals surface area contributed by atoms with Crippen LogP contribution in [0.4, 0.5) is 0 Å². The summed E-state index contributed by atoms with van der Waals surface area (Å²) in [4.78, 5) is 23.0. The Bertz CT molecular complexity index is 473. The van der Waals surface area contributed by atoms with Crippen molar-refractivity contribution in [3.63, 3.8) is 0 Å². The van der Waals surface area contributed by atoms with Gasteiger partial charge in [-0.15, -0.1) is 0 Å². The van der Waals surface area contributed by atoms with E-state index in [2.05, 4.69) is 13.8 Å². The zero-order valence-electron chi connectivity index (χ0n) is 22.0. The largest absolute Gasteiger partial charge is 0.550 e. The summed E-state index contributed by atoms with van der Waals surface area (Å²) < 4.78 is 5.95. The average molecular weight is 456 g/mol. The van der Waals surface area contributed by atoms with Crippen molar-refractivity contribution < 1.29 is 23.9 Å². The summed E-state index contributed by atoms with van der Waals surface area (Å²) in [5, 5.41) is 10.9. The molecule has 5 heteroatoms. The summed E-state index contributed by atoms with van der Waals surface area (Å²) >= 11 is 0. The average Bonchev–Trinajstić information content (AvgIpc) is 2.67. The second kappa shape index (κ2) is 19.4. The number of carboxylic acid groups (broad SMARTS) is 1. The van der Waals surface area contributed by atoms with Crippen molar-refractivity contribution in [2.75, 3.05) is 27.7 Å². The van der Waals surface area contributed by atoms with Crippen LogP contribution in [-0.2, 0) is 14.3 Å². The number of unbranched alkanes of at least 4 members (excludes halogenated alkanes) is 11. The van der Waals surface area contributed by atoms with Crippen LogP contribution in [0.3, 0.4) is 0 Å². The molecule has 0 aromatic heterocycles. The lowest BCUT2D eigenvalue weighted by Crippen LogP contribution is -2.45. The highest BCUT2D eigenvalue weighted by Gasteiger charge is 2.22. The number of carboxylic acids is 1. The fraction of sp³-hybridized carbons (Fsp3) is 0.926. The van der Waals surface area contributed by atoms with Crippen LogP contribution in [0.2, 0.25) is 0 Å². The van der Waals surface area contributed by atoms with Gasteiger partial charge in [0.25, 0.3) is 0 Å². The van der Waals surface area contributed by atoms with Crippen LogP contribution in [0.5, 0.6) is 0 Å². The molecule has 2 atom stereocenters. The Kier molecular flexibility index (Phi) is 18.7. The second-order valence-corrected chi connectivity index (χ2v) is 10.8. The molecule has 0 spiro atoms. The van der Waals surface area contributed by atoms with Crippen molar-refractivity contribution >= 4 is 11.9 Å². The van der Waals surface area contributed by atoms with Gasteiger partial charge in [-0.25, -0.2) is 0 Å². The van der Waals surface area contributed by atoms with Crippen LogP contribution in [0.1, 0.15) is 123 Å². The molecule has 0 heterocycles. The minimum atomic E-state index is -1.17. The van der Waals surface area contributed by atoms with E-state index in [0.717, 1.165) is 25.2 Å². The Morgan fingerprint density at radius 2 is 1.25 bits per heavy atom. The topological polar surface area (TPSA) is 66.4 Å². The fourth-order valence-corrected chi connectivity index (χ4v) is 4.25. The molecule has 32 heavy (non-hydrogen) atoms. The van der Waals surface area contributed by atoms with Gasteiger partial charge in [0.1, 0.15) is 6.54 Å². The first-order chi connectivity index (χ1) is 15.1. The minimum Gasteiger partial charge on any atom is -0.550 e. The Morgan fingerprint density at radius 3 is 1.72 bits per heavy atom. The summed E-state index contributed by atoms with van der Waals surface area (Å²) in [5.74, 6) is -0.665. The Morgan fingerprint density at radius 1 is 0.781 bits per heavy atom. The van der Waals surface area contributed by atoms with Gasteiger partial charge in [0.05, 0.1) is 21.1 Å². The van der Waals surface area contributed by atoms with Crippen LogP contribution in [0.25, 0.3) is 0 Å². The molecule has 2 unspecified atom stereocenters. The number of ether oxygens (including phenoxy) is 1. The molecule has 0 radical (unpaired) electrons. The van der Waals surface area contributed by atoms with Crippen molar-refractivity contribution in [1.29, 1.82) is 0 Å². The maximum absolute atomic E-state index is 12.1. The predicted octanol–water partition coefficient (Wildman–Crippen LogP) is 5.64. The molecule has 0 rings (SSSR count). The maximum Gasteiger partial charge on any atom is 0.306 e. The van der Waals surface area contributed by atoms with Gasteiger partial charge in [-0.2, -0.15) is 0 Å². The van der Waals surface area contributed by atoms with E-state index >= 15 is 0 Å². The first-order valence-electron chi connectivity index (χ1n) is 13.3. The molecular weight excluding hydrogens is 402 g/mol. The van der Waals surface area contributed by atoms with Crippen molar-refractivity contribution in [3.8, 4) is 0 Å². The highest BCUT2D eigenvalue weighted by atomic mass is 16.5. The Hall–Kier alpha value is -1.10. The quantitative estimate of drug-likeness (QED) is 0.120. The van der Waals surface area contributed by atoms with E-state index in [9.17, 15) is 14.7 Å². The monoisotopic (exact) mass is 455 g/mol. The number of hydrogen-bond acceptors (Lipinski definition) is 4. The molecule has 0 aromatic rings. The second-order valence-electron chi connectivity index (χ2n) is 10.8. The van der Waals surface area contributed by atoms with Crippen LogP contribution in [0, 0.1) is 5.92 Å². The predicted molar refractivity (Wildman–Crippen MR) is 131 cm³/mol. The molecular formula is C27H53NO4. The third kappa shape index (κ3) is 22.1. The molecule has 0 aromatic carbocycles. The highest BCUT2D eigenvalue weighted by molar-refractivity contribution is 5.70. The van der Waals surface area contributed by atoms with E-state index in [1.807, 2.05) is 21.1 Å². The molecule has 0 aliphatic rings. The van der Waals surface area contributed by atoms with E-state index in [1.165, 1.54) is 77.0 Å². The van der Waals surface area contributed by atoms with Gasteiger partial charge in [-0.05, 0) is 12.3 Å². The molecule has 0 amide bonds. The standard InChI is InChI=1S/C27H53NO4/c1-6-7-8-9-10-11-12-13-16-19-24(2)20-17-14-15-18-21-27(31)32-25(22-26(29)30)23-28(3,4)5/h24-25H,6-23H2,1-5H3. The van der Waals surface area contributed by atoms with Crippen molar-refractivity contribution in [2.24, 2.45) is 5.92 Å². The number of nitrogens with zero attached hydrogens (tertiary/aromatic N) is 1. The number of likely N-dealkylation sites (N-methyl/N-ethyl adjacent to an activating group) is 1. The van der Waals surface area contributed by atoms with E-state index in [0.29, 0.717) is 17.4 Å². The fourth-order valence-electron chi connectivity index (χ4n) is 4.25. The van der Waals surface area contributed by atoms with Crippen LogP contribution in [0.15, 0.2) is 0 Å². The molecule has 190 valence electrons. The molecule has 0 saturated carbocycles. The Balaban J connectivity index is 3.67. The number of esters is 1. The highest BCUT2D eigenvalue weighted by Crippen LogP contribution is 2.19. The maximum atomic E-state index is 12.1. The zero-order valence-corrected chi connectivity index (χ0v) is 22.0. The summed E-state index contributed by atoms with van der Waals surface area (Å²) in [6.45, 7) is 5.11. The number of carbonyl (C=O) groups is 2. The van der Waals surface area contributed by atoms with Crippen LogP contribution < -0.4 is 5.11 Å². The lowest BCUT2D eigenvalue weighted by atomic mass is 9.96. The summed E-state index contributed by atoms with van der Waals surface area (Å²) in [5.41, 5.74) is 0. The molecule has 5 nitrogen and oxygen atoms in total. The van der Waals surface area contributed by atoms with E-state index in [4.69, 9.17) is 4.74 Å². The van der Waals surface area contributed by atoms with E-state index in [1.54, 1.807) is 0 Å². The normalized spacial score (nSPS) is 13.7. The number of hydrogen-bond donors (Lipinski definition) is 0. The van der Waals surface area contributed by atoms with Crippen molar-refractivity contribution in [1.82, 2.24) is 0 Å². The van der Waals surface area contributed by atoms with Gasteiger partial charge in [-0.1, -0.05) is 104 Å². The third-order valence-electron chi connectivity index (χ3n) is 6.07. The molecule has 0 N–H and O–H groups in total. The summed E-state index contributed by atoms with van der Waals surface area (Å²) in [6, 6.07) is 0. The number of quaternary nitrogens is 1. The smallest absolute Gasteiger partial charge is 0.306 e. The summed E-state index contributed by atoms with van der Waals surface area (Å²) in [6.07, 6.45) is 18.9. The van der Waals surface area contributed by atoms with Gasteiger partial charge in [0.2, 0.25) is 0 Å². The molecule has 0 bridgehead atoms. The first-order valence-corrected chi connectivity index (χ1v) is 13.3. The van der Waals surface area contributed by atoms with Crippen LogP contribution in [-0.4, -0.2) is 50.2 Å². The first kappa shape index (κ1) is 30.9. The number of rotatable bonds is 22. The zero-order chi connectivity index (χ0) is 24.2. The van der Waals surface area contributed by atoms with Crippen molar-refractivity contribution in [2.45, 2.75) is 129 Å². The van der Waals surface area contributed by atoms with Crippen molar-refractivity contribution in [3.05, 3.63) is 0 Å². The third-order valence-corrected chi connectivity index (χ3v) is 6.07. The number of carbonyl (C=O) groups excluding carboxylic acids is 2. The van der Waals surface area contributed by atoms with Gasteiger partial charge in [0.15, 0.2) is 6.10 Å². The minimum absolute atomic E-state index is 0.238. The Labute approximate surface area is 198 Å². The van der Waals surface area contributed by atoms with Crippen LogP contribution >= 0.6 is 0 Å². The van der Waals surface area contributed by atoms with Gasteiger partial charge in [-0.3, -0.25) is 4.79 Å².